The maximum Gasteiger partial charge on any atom is 0.163 e. The van der Waals surface area contributed by atoms with E-state index in [1.807, 2.05) is 12.3 Å². The molecule has 1 aliphatic rings. The van der Waals surface area contributed by atoms with Gasteiger partial charge in [-0.05, 0) is 37.8 Å². The molecule has 5 rings (SSSR count). The molecule has 4 aromatic rings. The Balaban J connectivity index is 1.61. The number of hydrogen-bond acceptors (Lipinski definition) is 4. The van der Waals surface area contributed by atoms with Crippen LogP contribution in [0.3, 0.4) is 0 Å². The highest BCUT2D eigenvalue weighted by atomic mass is 19.1. The third kappa shape index (κ3) is 2.47. The first-order valence-electron chi connectivity index (χ1n) is 8.91. The predicted molar refractivity (Wildman–Crippen MR) is 98.1 cm³/mol. The number of rotatable bonds is 2. The van der Waals surface area contributed by atoms with Gasteiger partial charge in [0, 0.05) is 47.0 Å². The second-order valence-electron chi connectivity index (χ2n) is 7.02. The van der Waals surface area contributed by atoms with E-state index >= 15 is 0 Å². The molecule has 3 N–H and O–H groups in total. The Kier molecular flexibility index (Phi) is 3.49. The van der Waals surface area contributed by atoms with E-state index in [4.69, 9.17) is 10.7 Å². The highest BCUT2D eigenvalue weighted by Gasteiger charge is 2.22. The smallest absolute Gasteiger partial charge is 0.163 e. The molecule has 0 unspecified atom stereocenters. The van der Waals surface area contributed by atoms with Crippen LogP contribution in [0.1, 0.15) is 31.7 Å². The lowest BCUT2D eigenvalue weighted by Gasteiger charge is -2.27. The van der Waals surface area contributed by atoms with Crippen LogP contribution in [-0.2, 0) is 0 Å². The van der Waals surface area contributed by atoms with Crippen LogP contribution in [0.5, 0.6) is 0 Å². The molecule has 7 heteroatoms. The van der Waals surface area contributed by atoms with Crippen molar-refractivity contribution in [3.63, 3.8) is 0 Å². The van der Waals surface area contributed by atoms with Gasteiger partial charge in [-0.15, -0.1) is 0 Å². The summed E-state index contributed by atoms with van der Waals surface area (Å²) in [6.45, 7) is 0. The van der Waals surface area contributed by atoms with Gasteiger partial charge in [0.15, 0.2) is 5.82 Å². The highest BCUT2D eigenvalue weighted by molar-refractivity contribution is 5.92. The van der Waals surface area contributed by atoms with E-state index < -0.39 is 0 Å². The van der Waals surface area contributed by atoms with Crippen molar-refractivity contribution in [1.29, 1.82) is 0 Å². The van der Waals surface area contributed by atoms with Crippen LogP contribution in [0.15, 0.2) is 36.9 Å². The fraction of sp³-hybridized carbons (Fsp3) is 0.316. The third-order valence-corrected chi connectivity index (χ3v) is 5.33. The number of hydrogen-bond donors (Lipinski definition) is 2. The van der Waals surface area contributed by atoms with E-state index in [1.165, 1.54) is 12.3 Å². The molecule has 4 heterocycles. The molecule has 1 aliphatic carbocycles. The molecule has 0 atom stereocenters. The minimum atomic E-state index is -0.374. The van der Waals surface area contributed by atoms with Gasteiger partial charge in [-0.2, -0.15) is 0 Å². The summed E-state index contributed by atoms with van der Waals surface area (Å²) in [5, 5.41) is 1.69. The van der Waals surface area contributed by atoms with Crippen LogP contribution < -0.4 is 5.73 Å². The second-order valence-corrected chi connectivity index (χ2v) is 7.02. The van der Waals surface area contributed by atoms with Crippen molar-refractivity contribution >= 4 is 22.1 Å². The van der Waals surface area contributed by atoms with Gasteiger partial charge < -0.3 is 15.3 Å². The lowest BCUT2D eigenvalue weighted by atomic mass is 9.92. The molecule has 132 valence electrons. The quantitative estimate of drug-likeness (QED) is 0.579. The minimum Gasteiger partial charge on any atom is -0.345 e. The van der Waals surface area contributed by atoms with Crippen LogP contribution in [0.4, 0.5) is 4.39 Å². The van der Waals surface area contributed by atoms with Crippen molar-refractivity contribution in [2.45, 2.75) is 37.8 Å². The summed E-state index contributed by atoms with van der Waals surface area (Å²) < 4.78 is 15.9. The second kappa shape index (κ2) is 5.88. The number of nitrogens with two attached hydrogens (primary N) is 1. The SMILES string of the molecule is N[C@H]1CC[C@@H](n2ccc3cnc(-c4c[nH]c5ncc(F)cc45)nc32)CC1. The van der Waals surface area contributed by atoms with E-state index in [1.54, 1.807) is 6.20 Å². The zero-order valence-electron chi connectivity index (χ0n) is 14.2. The Hall–Kier alpha value is -2.80. The summed E-state index contributed by atoms with van der Waals surface area (Å²) in [6, 6.07) is 4.23. The van der Waals surface area contributed by atoms with Gasteiger partial charge in [0.25, 0.3) is 0 Å². The van der Waals surface area contributed by atoms with Gasteiger partial charge in [0.05, 0.1) is 6.20 Å². The standard InChI is InChI=1S/C19H19FN6/c20-12-7-15-16(10-24-17(15)23-9-12)18-22-8-11-5-6-26(19(11)25-18)14-3-1-13(21)2-4-14/h5-10,13-14H,1-4,21H2,(H,23,24)/t13-,14+. The van der Waals surface area contributed by atoms with E-state index in [0.717, 1.165) is 42.3 Å². The Labute approximate surface area is 149 Å². The number of pyridine rings is 1. The Bertz CT molecular complexity index is 1090. The summed E-state index contributed by atoms with van der Waals surface area (Å²) in [6.07, 6.45) is 11.1. The van der Waals surface area contributed by atoms with Gasteiger partial charge in [0.2, 0.25) is 0 Å². The fourth-order valence-electron chi connectivity index (χ4n) is 3.90. The number of nitrogens with one attached hydrogen (secondary N) is 1. The van der Waals surface area contributed by atoms with Gasteiger partial charge in [-0.1, -0.05) is 0 Å². The first kappa shape index (κ1) is 15.5. The van der Waals surface area contributed by atoms with Crippen molar-refractivity contribution in [2.24, 2.45) is 5.73 Å². The number of fused-ring (bicyclic) bond motifs is 2. The maximum absolute atomic E-state index is 13.6. The van der Waals surface area contributed by atoms with Crippen LogP contribution in [0, 0.1) is 5.82 Å². The third-order valence-electron chi connectivity index (χ3n) is 5.33. The van der Waals surface area contributed by atoms with Crippen molar-refractivity contribution in [3.8, 4) is 11.4 Å². The van der Waals surface area contributed by atoms with E-state index in [9.17, 15) is 4.39 Å². The maximum atomic E-state index is 13.6. The van der Waals surface area contributed by atoms with Gasteiger partial charge in [0.1, 0.15) is 17.1 Å². The summed E-state index contributed by atoms with van der Waals surface area (Å²) in [5.41, 5.74) is 8.34. The molecule has 26 heavy (non-hydrogen) atoms. The zero-order valence-corrected chi connectivity index (χ0v) is 14.2. The molecular formula is C19H19FN6. The van der Waals surface area contributed by atoms with Crippen molar-refractivity contribution in [1.82, 2.24) is 24.5 Å². The van der Waals surface area contributed by atoms with Crippen LogP contribution in [-0.4, -0.2) is 30.5 Å². The summed E-state index contributed by atoms with van der Waals surface area (Å²) in [7, 11) is 0. The van der Waals surface area contributed by atoms with Crippen molar-refractivity contribution < 1.29 is 4.39 Å². The van der Waals surface area contributed by atoms with Crippen LogP contribution in [0.2, 0.25) is 0 Å². The number of H-pyrrole nitrogens is 1. The largest absolute Gasteiger partial charge is 0.345 e. The topological polar surface area (TPSA) is 85.4 Å². The lowest BCUT2D eigenvalue weighted by molar-refractivity contribution is 0.329. The molecule has 4 aromatic heterocycles. The van der Waals surface area contributed by atoms with Gasteiger partial charge in [-0.25, -0.2) is 19.3 Å². The number of halogens is 1. The number of aromatic amines is 1. The molecule has 0 saturated heterocycles. The molecule has 0 spiro atoms. The first-order valence-corrected chi connectivity index (χ1v) is 8.91. The molecule has 1 saturated carbocycles. The molecular weight excluding hydrogens is 331 g/mol. The molecule has 0 aromatic carbocycles. The molecule has 0 aliphatic heterocycles. The Morgan fingerprint density at radius 2 is 2.00 bits per heavy atom. The fourth-order valence-corrected chi connectivity index (χ4v) is 3.90. The summed E-state index contributed by atoms with van der Waals surface area (Å²) in [4.78, 5) is 16.4. The molecule has 6 nitrogen and oxygen atoms in total. The van der Waals surface area contributed by atoms with Gasteiger partial charge in [-0.3, -0.25) is 0 Å². The van der Waals surface area contributed by atoms with Crippen molar-refractivity contribution in [3.05, 3.63) is 42.7 Å². The van der Waals surface area contributed by atoms with E-state index in [0.29, 0.717) is 28.9 Å². The van der Waals surface area contributed by atoms with Gasteiger partial charge >= 0.3 is 0 Å². The molecule has 0 bridgehead atoms. The van der Waals surface area contributed by atoms with E-state index in [2.05, 4.69) is 25.7 Å². The zero-order chi connectivity index (χ0) is 17.7. The molecule has 1 fully saturated rings. The van der Waals surface area contributed by atoms with Crippen LogP contribution >= 0.6 is 0 Å². The van der Waals surface area contributed by atoms with E-state index in [-0.39, 0.29) is 5.82 Å². The number of aromatic nitrogens is 5. The minimum absolute atomic E-state index is 0.312. The average molecular weight is 350 g/mol. The Morgan fingerprint density at radius 3 is 2.85 bits per heavy atom. The monoisotopic (exact) mass is 350 g/mol. The molecule has 0 radical (unpaired) electrons. The Morgan fingerprint density at radius 1 is 1.15 bits per heavy atom. The van der Waals surface area contributed by atoms with Crippen LogP contribution in [0.25, 0.3) is 33.5 Å². The highest BCUT2D eigenvalue weighted by Crippen LogP contribution is 2.32. The summed E-state index contributed by atoms with van der Waals surface area (Å²) in [5.74, 6) is 0.199. The number of nitrogens with zero attached hydrogens (tertiary/aromatic N) is 4. The average Bonchev–Trinajstić information content (AvgIpc) is 3.25. The van der Waals surface area contributed by atoms with Crippen molar-refractivity contribution in [2.75, 3.05) is 0 Å². The molecule has 0 amide bonds. The predicted octanol–water partition coefficient (Wildman–Crippen LogP) is 3.56. The summed E-state index contributed by atoms with van der Waals surface area (Å²) >= 11 is 0. The lowest BCUT2D eigenvalue weighted by Crippen LogP contribution is -2.27. The first-order chi connectivity index (χ1) is 12.7. The normalized spacial score (nSPS) is 20.8.